The number of hydrogen-bond donors (Lipinski definition) is 2. The highest BCUT2D eigenvalue weighted by molar-refractivity contribution is 7.20. The van der Waals surface area contributed by atoms with Gasteiger partial charge >= 0.3 is 0 Å². The van der Waals surface area contributed by atoms with Crippen LogP contribution in [0.1, 0.15) is 16.0 Å². The maximum absolute atomic E-state index is 13.4. The Labute approximate surface area is 254 Å². The number of nitrogens with one attached hydrogen (secondary N) is 2. The van der Waals surface area contributed by atoms with Crippen LogP contribution < -0.4 is 15.4 Å². The minimum atomic E-state index is -0.321. The van der Waals surface area contributed by atoms with Crippen LogP contribution in [-0.2, 0) is 17.8 Å². The molecule has 2 aromatic heterocycles. The largest absolute Gasteiger partial charge is 0.487 e. The number of carbonyl (C=O) groups excluding carboxylic acids is 1. The predicted octanol–water partition coefficient (Wildman–Crippen LogP) is 7.82. The molecule has 0 radical (unpaired) electrons. The summed E-state index contributed by atoms with van der Waals surface area (Å²) in [6.45, 7) is 0.383. The predicted molar refractivity (Wildman–Crippen MR) is 163 cm³/mol. The van der Waals surface area contributed by atoms with Crippen molar-refractivity contribution in [2.45, 2.75) is 13.0 Å². The maximum atomic E-state index is 13.4. The van der Waals surface area contributed by atoms with Gasteiger partial charge in [0, 0.05) is 5.69 Å². The molecule has 2 N–H and O–H groups in total. The van der Waals surface area contributed by atoms with Crippen molar-refractivity contribution in [1.82, 2.24) is 15.3 Å². The molecule has 0 unspecified atom stereocenters. The molecule has 2 heterocycles. The third-order valence-corrected chi connectivity index (χ3v) is 7.80. The first-order chi connectivity index (χ1) is 19.8. The van der Waals surface area contributed by atoms with Crippen molar-refractivity contribution >= 4 is 73.8 Å². The fourth-order valence-electron chi connectivity index (χ4n) is 3.80. The van der Waals surface area contributed by atoms with Gasteiger partial charge < -0.3 is 15.4 Å². The quantitative estimate of drug-likeness (QED) is 0.172. The van der Waals surface area contributed by atoms with Gasteiger partial charge in [-0.1, -0.05) is 64.8 Å². The molecule has 5 aromatic rings. The molecule has 11 heteroatoms. The van der Waals surface area contributed by atoms with Crippen LogP contribution in [0.2, 0.25) is 15.1 Å². The highest BCUT2D eigenvalue weighted by Gasteiger charge is 2.11. The van der Waals surface area contributed by atoms with E-state index in [9.17, 15) is 9.18 Å². The van der Waals surface area contributed by atoms with Gasteiger partial charge in [0.1, 0.15) is 24.5 Å². The van der Waals surface area contributed by atoms with Crippen molar-refractivity contribution in [3.8, 4) is 17.6 Å². The number of amides is 1. The lowest BCUT2D eigenvalue weighted by Gasteiger charge is -2.11. The number of nitrogens with zero attached hydrogens (tertiary/aromatic N) is 2. The molecule has 5 rings (SSSR count). The van der Waals surface area contributed by atoms with Crippen molar-refractivity contribution in [1.29, 1.82) is 0 Å². The van der Waals surface area contributed by atoms with Crippen LogP contribution in [0, 0.1) is 17.7 Å². The molecule has 0 aliphatic heterocycles. The fraction of sp³-hybridized carbons (Fsp3) is 0.100. The first-order valence-corrected chi connectivity index (χ1v) is 14.2. The van der Waals surface area contributed by atoms with Gasteiger partial charge in [-0.05, 0) is 59.7 Å². The second-order valence-electron chi connectivity index (χ2n) is 8.74. The standard InChI is InChI=1S/C30H20Cl3FN4O2S/c31-23-8-6-18(12-24(23)32)13-28(39)35-10-2-5-22-15-26-29(41-22)30(37-17-36-26)38-21-7-9-27(25(33)14-21)40-16-19-3-1-4-20(34)11-19/h1,3-4,6-9,11-12,14-15,17H,10,13,16H2,(H,35,39)(H,36,37,38). The summed E-state index contributed by atoms with van der Waals surface area (Å²) in [5, 5.41) is 7.30. The van der Waals surface area contributed by atoms with Crippen LogP contribution >= 0.6 is 46.1 Å². The van der Waals surface area contributed by atoms with Crippen LogP contribution in [0.3, 0.4) is 0 Å². The molecular formula is C30H20Cl3FN4O2S. The van der Waals surface area contributed by atoms with E-state index in [1.54, 1.807) is 42.5 Å². The lowest BCUT2D eigenvalue weighted by atomic mass is 10.1. The van der Waals surface area contributed by atoms with E-state index in [2.05, 4.69) is 32.4 Å². The summed E-state index contributed by atoms with van der Waals surface area (Å²) in [5.41, 5.74) is 2.91. The van der Waals surface area contributed by atoms with Gasteiger partial charge in [-0.25, -0.2) is 14.4 Å². The zero-order chi connectivity index (χ0) is 28.8. The zero-order valence-corrected chi connectivity index (χ0v) is 24.3. The van der Waals surface area contributed by atoms with E-state index in [1.165, 1.54) is 29.8 Å². The molecule has 6 nitrogen and oxygen atoms in total. The van der Waals surface area contributed by atoms with E-state index in [0.717, 1.165) is 20.7 Å². The van der Waals surface area contributed by atoms with Crippen molar-refractivity contribution in [2.75, 3.05) is 11.9 Å². The Kier molecular flexibility index (Phi) is 9.22. The number of rotatable bonds is 8. The number of ether oxygens (including phenoxy) is 1. The van der Waals surface area contributed by atoms with Gasteiger partial charge in [0.25, 0.3) is 0 Å². The van der Waals surface area contributed by atoms with E-state index >= 15 is 0 Å². The van der Waals surface area contributed by atoms with Gasteiger partial charge in [0.05, 0.1) is 43.1 Å². The topological polar surface area (TPSA) is 76.1 Å². The summed E-state index contributed by atoms with van der Waals surface area (Å²) in [7, 11) is 0. The number of anilines is 2. The number of hydrogen-bond acceptors (Lipinski definition) is 6. The molecule has 0 bridgehead atoms. The second-order valence-corrected chi connectivity index (χ2v) is 11.0. The average Bonchev–Trinajstić information content (AvgIpc) is 3.37. The first-order valence-electron chi connectivity index (χ1n) is 12.2. The van der Waals surface area contributed by atoms with Crippen molar-refractivity contribution in [2.24, 2.45) is 0 Å². The summed E-state index contributed by atoms with van der Waals surface area (Å²) in [4.78, 5) is 21.7. The molecule has 0 aliphatic carbocycles. The molecule has 3 aromatic carbocycles. The number of halogens is 4. The molecule has 0 aliphatic rings. The van der Waals surface area contributed by atoms with Crippen LogP contribution in [0.5, 0.6) is 5.75 Å². The van der Waals surface area contributed by atoms with Gasteiger partial charge in [-0.3, -0.25) is 4.79 Å². The Hall–Kier alpha value is -3.87. The number of thiophene rings is 1. The summed E-state index contributed by atoms with van der Waals surface area (Å²) in [6, 6.07) is 18.5. The minimum absolute atomic E-state index is 0.171. The molecule has 0 saturated carbocycles. The van der Waals surface area contributed by atoms with Gasteiger partial charge in [-0.15, -0.1) is 11.3 Å². The van der Waals surface area contributed by atoms with Gasteiger partial charge in [0.15, 0.2) is 5.82 Å². The monoisotopic (exact) mass is 624 g/mol. The summed E-state index contributed by atoms with van der Waals surface area (Å²) < 4.78 is 20.0. The zero-order valence-electron chi connectivity index (χ0n) is 21.2. The molecule has 0 fully saturated rings. The second kappa shape index (κ2) is 13.2. The number of fused-ring (bicyclic) bond motifs is 1. The summed E-state index contributed by atoms with van der Waals surface area (Å²) in [5.74, 6) is 6.63. The van der Waals surface area contributed by atoms with Gasteiger partial charge in [-0.2, -0.15) is 0 Å². The number of carbonyl (C=O) groups is 1. The highest BCUT2D eigenvalue weighted by atomic mass is 35.5. The molecular weight excluding hydrogens is 606 g/mol. The fourth-order valence-corrected chi connectivity index (χ4v) is 5.28. The van der Waals surface area contributed by atoms with Crippen LogP contribution in [0.4, 0.5) is 15.9 Å². The minimum Gasteiger partial charge on any atom is -0.487 e. The average molecular weight is 626 g/mol. The van der Waals surface area contributed by atoms with Crippen molar-refractivity contribution in [3.63, 3.8) is 0 Å². The van der Waals surface area contributed by atoms with E-state index in [0.29, 0.717) is 37.9 Å². The molecule has 206 valence electrons. The molecule has 41 heavy (non-hydrogen) atoms. The number of benzene rings is 3. The third-order valence-electron chi connectivity index (χ3n) is 5.72. The maximum Gasteiger partial charge on any atom is 0.225 e. The normalized spacial score (nSPS) is 10.6. The Morgan fingerprint density at radius 1 is 0.951 bits per heavy atom. The van der Waals surface area contributed by atoms with Crippen LogP contribution in [0.25, 0.3) is 10.2 Å². The van der Waals surface area contributed by atoms with Crippen LogP contribution in [0.15, 0.2) is 73.1 Å². The van der Waals surface area contributed by atoms with E-state index in [1.807, 2.05) is 12.1 Å². The Morgan fingerprint density at radius 2 is 1.83 bits per heavy atom. The highest BCUT2D eigenvalue weighted by Crippen LogP contribution is 2.33. The van der Waals surface area contributed by atoms with Gasteiger partial charge in [0.2, 0.25) is 5.91 Å². The Morgan fingerprint density at radius 3 is 2.63 bits per heavy atom. The lowest BCUT2D eigenvalue weighted by molar-refractivity contribution is -0.120. The van der Waals surface area contributed by atoms with Crippen molar-refractivity contribution < 1.29 is 13.9 Å². The lowest BCUT2D eigenvalue weighted by Crippen LogP contribution is -2.25. The molecule has 0 saturated heterocycles. The molecule has 0 atom stereocenters. The SMILES string of the molecule is O=C(Cc1ccc(Cl)c(Cl)c1)NCC#Cc1cc2ncnc(Nc3ccc(OCc4cccc(F)c4)c(Cl)c3)c2s1. The van der Waals surface area contributed by atoms with E-state index < -0.39 is 0 Å². The van der Waals surface area contributed by atoms with E-state index in [4.69, 9.17) is 39.5 Å². The molecule has 1 amide bonds. The third kappa shape index (κ3) is 7.66. The molecule has 0 spiro atoms. The summed E-state index contributed by atoms with van der Waals surface area (Å²) in [6.07, 6.45) is 1.64. The Bertz CT molecular complexity index is 1800. The first kappa shape index (κ1) is 28.7. The number of aromatic nitrogens is 2. The van der Waals surface area contributed by atoms with E-state index in [-0.39, 0.29) is 31.3 Å². The Balaban J connectivity index is 1.20. The smallest absolute Gasteiger partial charge is 0.225 e. The summed E-state index contributed by atoms with van der Waals surface area (Å²) >= 11 is 19.8. The van der Waals surface area contributed by atoms with Crippen molar-refractivity contribution in [3.05, 3.63) is 110 Å². The van der Waals surface area contributed by atoms with Crippen LogP contribution in [-0.4, -0.2) is 22.4 Å².